The van der Waals surface area contributed by atoms with Crippen LogP contribution in [0.5, 0.6) is 0 Å². The SMILES string of the molecule is CCNC(=O)Cc1ccc(NC(=O)C(F)F)cc1. The van der Waals surface area contributed by atoms with Crippen LogP contribution >= 0.6 is 0 Å². The molecule has 0 aromatic heterocycles. The Balaban J connectivity index is 2.57. The van der Waals surface area contributed by atoms with Gasteiger partial charge in [-0.3, -0.25) is 9.59 Å². The predicted molar refractivity (Wildman–Crippen MR) is 63.5 cm³/mol. The fraction of sp³-hybridized carbons (Fsp3) is 0.333. The zero-order valence-corrected chi connectivity index (χ0v) is 9.87. The summed E-state index contributed by atoms with van der Waals surface area (Å²) in [5, 5.41) is 4.71. The van der Waals surface area contributed by atoms with Crippen LogP contribution in [-0.4, -0.2) is 24.8 Å². The van der Waals surface area contributed by atoms with Gasteiger partial charge in [0.2, 0.25) is 5.91 Å². The van der Waals surface area contributed by atoms with Crippen molar-refractivity contribution < 1.29 is 18.4 Å². The number of anilines is 1. The molecule has 6 heteroatoms. The van der Waals surface area contributed by atoms with E-state index in [9.17, 15) is 18.4 Å². The molecule has 0 aliphatic heterocycles. The number of likely N-dealkylation sites (N-methyl/N-ethyl adjacent to an activating group) is 1. The highest BCUT2D eigenvalue weighted by molar-refractivity contribution is 5.93. The maximum Gasteiger partial charge on any atom is 0.315 e. The van der Waals surface area contributed by atoms with Gasteiger partial charge in [0.25, 0.3) is 5.91 Å². The van der Waals surface area contributed by atoms with Crippen LogP contribution in [-0.2, 0) is 16.0 Å². The first-order valence-electron chi connectivity index (χ1n) is 5.47. The van der Waals surface area contributed by atoms with Crippen LogP contribution < -0.4 is 10.6 Å². The molecule has 98 valence electrons. The second kappa shape index (κ2) is 6.68. The molecule has 18 heavy (non-hydrogen) atoms. The summed E-state index contributed by atoms with van der Waals surface area (Å²) < 4.78 is 24.0. The molecule has 0 radical (unpaired) electrons. The lowest BCUT2D eigenvalue weighted by Crippen LogP contribution is -2.24. The number of amides is 2. The summed E-state index contributed by atoms with van der Waals surface area (Å²) in [6.07, 6.45) is -2.82. The van der Waals surface area contributed by atoms with E-state index >= 15 is 0 Å². The minimum Gasteiger partial charge on any atom is -0.356 e. The van der Waals surface area contributed by atoms with Gasteiger partial charge in [0.1, 0.15) is 0 Å². The smallest absolute Gasteiger partial charge is 0.315 e. The molecule has 0 atom stereocenters. The van der Waals surface area contributed by atoms with E-state index in [-0.39, 0.29) is 18.0 Å². The highest BCUT2D eigenvalue weighted by atomic mass is 19.3. The Labute approximate surface area is 103 Å². The van der Waals surface area contributed by atoms with Crippen LogP contribution in [0.1, 0.15) is 12.5 Å². The Morgan fingerprint density at radius 2 is 1.83 bits per heavy atom. The molecule has 0 unspecified atom stereocenters. The molecule has 1 rings (SSSR count). The average Bonchev–Trinajstić information content (AvgIpc) is 2.31. The molecule has 1 aromatic carbocycles. The molecule has 0 saturated heterocycles. The molecule has 2 amide bonds. The maximum absolute atomic E-state index is 12.0. The van der Waals surface area contributed by atoms with Gasteiger partial charge in [0, 0.05) is 12.2 Å². The van der Waals surface area contributed by atoms with E-state index in [1.165, 1.54) is 12.1 Å². The Morgan fingerprint density at radius 1 is 1.22 bits per heavy atom. The van der Waals surface area contributed by atoms with Crippen molar-refractivity contribution in [2.75, 3.05) is 11.9 Å². The molecule has 0 bridgehead atoms. The van der Waals surface area contributed by atoms with E-state index in [0.717, 1.165) is 5.56 Å². The molecule has 0 spiro atoms. The van der Waals surface area contributed by atoms with Gasteiger partial charge in [-0.1, -0.05) is 12.1 Å². The van der Waals surface area contributed by atoms with E-state index in [1.54, 1.807) is 12.1 Å². The number of carbonyl (C=O) groups excluding carboxylic acids is 2. The highest BCUT2D eigenvalue weighted by Gasteiger charge is 2.14. The number of benzene rings is 1. The predicted octanol–water partition coefficient (Wildman–Crippen LogP) is 1.57. The lowest BCUT2D eigenvalue weighted by molar-refractivity contribution is -0.126. The van der Waals surface area contributed by atoms with Gasteiger partial charge in [-0.15, -0.1) is 0 Å². The third kappa shape index (κ3) is 4.48. The zero-order chi connectivity index (χ0) is 13.5. The zero-order valence-electron chi connectivity index (χ0n) is 9.87. The number of rotatable bonds is 5. The van der Waals surface area contributed by atoms with Crippen molar-refractivity contribution in [1.82, 2.24) is 5.32 Å². The van der Waals surface area contributed by atoms with E-state index in [1.807, 2.05) is 6.92 Å². The third-order valence-corrected chi connectivity index (χ3v) is 2.16. The number of halogens is 2. The van der Waals surface area contributed by atoms with Crippen molar-refractivity contribution in [2.24, 2.45) is 0 Å². The van der Waals surface area contributed by atoms with Gasteiger partial charge in [-0.2, -0.15) is 8.78 Å². The monoisotopic (exact) mass is 256 g/mol. The quantitative estimate of drug-likeness (QED) is 0.840. The van der Waals surface area contributed by atoms with Crippen molar-refractivity contribution in [3.63, 3.8) is 0 Å². The Bertz CT molecular complexity index is 419. The van der Waals surface area contributed by atoms with E-state index in [4.69, 9.17) is 0 Å². The standard InChI is InChI=1S/C12H14F2N2O2/c1-2-15-10(17)7-8-3-5-9(6-4-8)16-12(18)11(13)14/h3-6,11H,2,7H2,1H3,(H,15,17)(H,16,18). The van der Waals surface area contributed by atoms with Crippen LogP contribution in [0.25, 0.3) is 0 Å². The first-order chi connectivity index (χ1) is 8.52. The Kier molecular flexibility index (Phi) is 5.23. The number of carbonyl (C=O) groups is 2. The van der Waals surface area contributed by atoms with Crippen LogP contribution in [0.2, 0.25) is 0 Å². The number of nitrogens with one attached hydrogen (secondary N) is 2. The van der Waals surface area contributed by atoms with E-state index < -0.39 is 12.3 Å². The topological polar surface area (TPSA) is 58.2 Å². The van der Waals surface area contributed by atoms with Crippen LogP contribution in [0.3, 0.4) is 0 Å². The first-order valence-corrected chi connectivity index (χ1v) is 5.47. The lowest BCUT2D eigenvalue weighted by atomic mass is 10.1. The molecule has 0 heterocycles. The molecule has 0 aliphatic carbocycles. The van der Waals surface area contributed by atoms with Crippen molar-refractivity contribution in [3.05, 3.63) is 29.8 Å². The second-order valence-electron chi connectivity index (χ2n) is 3.62. The molecule has 0 aliphatic rings. The number of alkyl halides is 2. The maximum atomic E-state index is 12.0. The molecular weight excluding hydrogens is 242 g/mol. The van der Waals surface area contributed by atoms with E-state index in [2.05, 4.69) is 10.6 Å². The van der Waals surface area contributed by atoms with E-state index in [0.29, 0.717) is 6.54 Å². The van der Waals surface area contributed by atoms with Crippen molar-refractivity contribution >= 4 is 17.5 Å². The van der Waals surface area contributed by atoms with Crippen LogP contribution in [0.4, 0.5) is 14.5 Å². The molecule has 0 saturated carbocycles. The van der Waals surface area contributed by atoms with Gasteiger partial charge in [-0.05, 0) is 24.6 Å². The molecule has 1 aromatic rings. The number of hydrogen-bond acceptors (Lipinski definition) is 2. The van der Waals surface area contributed by atoms with Crippen molar-refractivity contribution in [1.29, 1.82) is 0 Å². The minimum atomic E-state index is -3.04. The molecule has 0 fully saturated rings. The molecule has 2 N–H and O–H groups in total. The normalized spacial score (nSPS) is 10.2. The van der Waals surface area contributed by atoms with Crippen molar-refractivity contribution in [2.45, 2.75) is 19.8 Å². The lowest BCUT2D eigenvalue weighted by Gasteiger charge is -2.06. The fourth-order valence-corrected chi connectivity index (χ4v) is 1.35. The number of hydrogen-bond donors (Lipinski definition) is 2. The van der Waals surface area contributed by atoms with Gasteiger partial charge >= 0.3 is 6.43 Å². The van der Waals surface area contributed by atoms with Crippen LogP contribution in [0.15, 0.2) is 24.3 Å². The second-order valence-corrected chi connectivity index (χ2v) is 3.62. The Hall–Kier alpha value is -1.98. The summed E-state index contributed by atoms with van der Waals surface area (Å²) in [4.78, 5) is 22.0. The van der Waals surface area contributed by atoms with Gasteiger partial charge in [0.15, 0.2) is 0 Å². The summed E-state index contributed by atoms with van der Waals surface area (Å²) >= 11 is 0. The fourth-order valence-electron chi connectivity index (χ4n) is 1.35. The Morgan fingerprint density at radius 3 is 2.33 bits per heavy atom. The van der Waals surface area contributed by atoms with Crippen molar-refractivity contribution in [3.8, 4) is 0 Å². The minimum absolute atomic E-state index is 0.109. The summed E-state index contributed by atoms with van der Waals surface area (Å²) in [6, 6.07) is 6.18. The molecule has 4 nitrogen and oxygen atoms in total. The summed E-state index contributed by atoms with van der Waals surface area (Å²) in [5.74, 6) is -1.45. The summed E-state index contributed by atoms with van der Waals surface area (Å²) in [5.41, 5.74) is 1.02. The van der Waals surface area contributed by atoms with Crippen LogP contribution in [0, 0.1) is 0 Å². The highest BCUT2D eigenvalue weighted by Crippen LogP contribution is 2.11. The van der Waals surface area contributed by atoms with Gasteiger partial charge in [-0.25, -0.2) is 0 Å². The van der Waals surface area contributed by atoms with Gasteiger partial charge < -0.3 is 10.6 Å². The van der Waals surface area contributed by atoms with Gasteiger partial charge in [0.05, 0.1) is 6.42 Å². The third-order valence-electron chi connectivity index (χ3n) is 2.16. The summed E-state index contributed by atoms with van der Waals surface area (Å²) in [7, 11) is 0. The average molecular weight is 256 g/mol. The largest absolute Gasteiger partial charge is 0.356 e. The summed E-state index contributed by atoms with van der Waals surface area (Å²) in [6.45, 7) is 2.38. The molecular formula is C12H14F2N2O2. The first kappa shape index (κ1) is 14.1.